The number of anilines is 1. The monoisotopic (exact) mass is 638 g/mol. The Kier molecular flexibility index (Phi) is 7.81. The van der Waals surface area contributed by atoms with Gasteiger partial charge in [0, 0.05) is 32.5 Å². The molecule has 34 heavy (non-hydrogen) atoms. The third-order valence-electron chi connectivity index (χ3n) is 6.77. The molecule has 2 aliphatic rings. The first-order valence-corrected chi connectivity index (χ1v) is 13.3. The van der Waals surface area contributed by atoms with Crippen LogP contribution in [-0.4, -0.2) is 46.1 Å². The van der Waals surface area contributed by atoms with Crippen LogP contribution in [0, 0.1) is 9.49 Å². The first-order valence-electron chi connectivity index (χ1n) is 11.4. The Morgan fingerprint density at radius 3 is 2.74 bits per heavy atom. The molecule has 8 heteroatoms. The molecule has 0 saturated carbocycles. The molecule has 1 fully saturated rings. The van der Waals surface area contributed by atoms with E-state index in [2.05, 4.69) is 38.5 Å². The van der Waals surface area contributed by atoms with Crippen molar-refractivity contribution >= 4 is 56.0 Å². The summed E-state index contributed by atoms with van der Waals surface area (Å²) in [5, 5.41) is 21.2. The number of benzene rings is 2. The number of nitrogens with zero attached hydrogens (tertiary/aromatic N) is 2. The number of fused-ring (bicyclic) bond motifs is 1. The lowest BCUT2D eigenvalue weighted by Gasteiger charge is -2.28. The number of aliphatic hydroxyl groups is 2. The van der Waals surface area contributed by atoms with Gasteiger partial charge in [0.05, 0.1) is 24.9 Å². The minimum absolute atomic E-state index is 0.0256. The van der Waals surface area contributed by atoms with Crippen molar-refractivity contribution in [2.75, 3.05) is 18.1 Å². The normalized spacial score (nSPS) is 23.1. The van der Waals surface area contributed by atoms with Crippen molar-refractivity contribution in [1.82, 2.24) is 4.90 Å². The highest BCUT2D eigenvalue weighted by Crippen LogP contribution is 2.46. The van der Waals surface area contributed by atoms with E-state index in [1.54, 1.807) is 34.9 Å². The molecule has 0 radical (unpaired) electrons. The number of likely N-dealkylation sites (tertiary alicyclic amines) is 1. The maximum absolute atomic E-state index is 13.6. The fraction of sp³-hybridized carbons (Fsp3) is 0.385. The van der Waals surface area contributed by atoms with Crippen LogP contribution in [0.2, 0.25) is 0 Å². The van der Waals surface area contributed by atoms with Crippen LogP contribution in [0.5, 0.6) is 0 Å². The molecule has 0 spiro atoms. The Hall–Kier alpha value is -1.75. The Morgan fingerprint density at radius 1 is 1.29 bits per heavy atom. The highest BCUT2D eigenvalue weighted by molar-refractivity contribution is 14.1. The highest BCUT2D eigenvalue weighted by Gasteiger charge is 2.52. The van der Waals surface area contributed by atoms with Crippen LogP contribution >= 0.6 is 38.5 Å². The van der Waals surface area contributed by atoms with Crippen molar-refractivity contribution < 1.29 is 19.8 Å². The molecule has 3 atom stereocenters. The van der Waals surface area contributed by atoms with Gasteiger partial charge in [0.25, 0.3) is 5.91 Å². The van der Waals surface area contributed by atoms with Gasteiger partial charge in [0.1, 0.15) is 0 Å². The molecule has 6 nitrogen and oxygen atoms in total. The lowest BCUT2D eigenvalue weighted by molar-refractivity contribution is -0.139. The number of hydrogen-bond acceptors (Lipinski definition) is 4. The van der Waals surface area contributed by atoms with Crippen molar-refractivity contribution in [1.29, 1.82) is 0 Å². The number of rotatable bonds is 7. The molecular formula is C26H28BrIN2O4. The number of carbonyl (C=O) groups excluding carboxylic acids is 2. The van der Waals surface area contributed by atoms with Crippen LogP contribution in [-0.2, 0) is 21.7 Å². The highest BCUT2D eigenvalue weighted by atomic mass is 127. The number of halogens is 2. The summed E-state index contributed by atoms with van der Waals surface area (Å²) in [6, 6.07) is 13.4. The third kappa shape index (κ3) is 4.82. The number of hydrogen-bond donors (Lipinski definition) is 2. The first kappa shape index (κ1) is 25.3. The van der Waals surface area contributed by atoms with Crippen molar-refractivity contribution in [3.63, 3.8) is 0 Å². The average molecular weight is 639 g/mol. The maximum atomic E-state index is 13.6. The van der Waals surface area contributed by atoms with E-state index in [1.165, 1.54) is 0 Å². The summed E-state index contributed by atoms with van der Waals surface area (Å²) in [5.74, 6) is -0.967. The summed E-state index contributed by atoms with van der Waals surface area (Å²) in [6.07, 6.45) is 5.36. The number of amides is 2. The Labute approximate surface area is 221 Å². The minimum atomic E-state index is -1.73. The standard InChI is InChI=1S/C26H28BrIN2O4/c1-17(4-2-6-24(32)29-13-3-5-21(29)16-31)26(34)22-14-19(27)9-12-23(22)30(25(26)33)15-18-7-10-20(28)11-8-18/h2,4,7-12,14,17,21,31,34H,3,5-6,13,15-16H2,1H3/b4-2+/t17-,21+,26+/m1/s1. The zero-order valence-electron chi connectivity index (χ0n) is 19.0. The van der Waals surface area contributed by atoms with E-state index in [4.69, 9.17) is 0 Å². The molecular weight excluding hydrogens is 611 g/mol. The number of carbonyl (C=O) groups is 2. The molecule has 2 aromatic carbocycles. The van der Waals surface area contributed by atoms with Gasteiger partial charge in [-0.15, -0.1) is 0 Å². The zero-order valence-corrected chi connectivity index (χ0v) is 22.7. The molecule has 2 aromatic rings. The van der Waals surface area contributed by atoms with Crippen molar-refractivity contribution in [2.45, 2.75) is 44.4 Å². The SMILES string of the molecule is C[C@H](/C=C/CC(=O)N1CCC[C@H]1CO)[C@@]1(O)C(=O)N(Cc2ccc(I)cc2)c2ccc(Br)cc21. The quantitative estimate of drug-likeness (QED) is 0.349. The van der Waals surface area contributed by atoms with Gasteiger partial charge in [-0.2, -0.15) is 0 Å². The van der Waals surface area contributed by atoms with Gasteiger partial charge in [0.2, 0.25) is 5.91 Å². The fourth-order valence-corrected chi connectivity index (χ4v) is 5.55. The lowest BCUT2D eigenvalue weighted by atomic mass is 9.83. The maximum Gasteiger partial charge on any atom is 0.264 e. The van der Waals surface area contributed by atoms with Crippen LogP contribution in [0.15, 0.2) is 59.1 Å². The molecule has 0 aromatic heterocycles. The van der Waals surface area contributed by atoms with E-state index in [1.807, 2.05) is 36.4 Å². The van der Waals surface area contributed by atoms with Crippen LogP contribution in [0.25, 0.3) is 0 Å². The number of aliphatic hydroxyl groups excluding tert-OH is 1. The van der Waals surface area contributed by atoms with Gasteiger partial charge in [-0.3, -0.25) is 9.59 Å². The molecule has 4 rings (SSSR count). The zero-order chi connectivity index (χ0) is 24.5. The second-order valence-electron chi connectivity index (χ2n) is 8.93. The Morgan fingerprint density at radius 2 is 2.03 bits per heavy atom. The van der Waals surface area contributed by atoms with Gasteiger partial charge in [0.15, 0.2) is 5.60 Å². The summed E-state index contributed by atoms with van der Waals surface area (Å²) < 4.78 is 1.89. The first-order chi connectivity index (χ1) is 16.3. The predicted molar refractivity (Wildman–Crippen MR) is 143 cm³/mol. The molecule has 0 bridgehead atoms. The molecule has 2 amide bonds. The Balaban J connectivity index is 1.55. The van der Waals surface area contributed by atoms with Crippen LogP contribution < -0.4 is 4.90 Å². The Bertz CT molecular complexity index is 1110. The molecule has 2 N–H and O–H groups in total. The van der Waals surface area contributed by atoms with E-state index in [-0.39, 0.29) is 30.9 Å². The van der Waals surface area contributed by atoms with Crippen LogP contribution in [0.4, 0.5) is 5.69 Å². The minimum Gasteiger partial charge on any atom is -0.394 e. The second-order valence-corrected chi connectivity index (χ2v) is 11.1. The van der Waals surface area contributed by atoms with E-state index >= 15 is 0 Å². The summed E-state index contributed by atoms with van der Waals surface area (Å²) in [7, 11) is 0. The second kappa shape index (κ2) is 10.5. The molecule has 1 saturated heterocycles. The fourth-order valence-electron chi connectivity index (χ4n) is 4.83. The van der Waals surface area contributed by atoms with E-state index < -0.39 is 11.5 Å². The predicted octanol–water partition coefficient (Wildman–Crippen LogP) is 4.35. The lowest BCUT2D eigenvalue weighted by Crippen LogP contribution is -2.44. The summed E-state index contributed by atoms with van der Waals surface area (Å²) in [5.41, 5.74) is 0.488. The van der Waals surface area contributed by atoms with E-state index in [9.17, 15) is 19.8 Å². The van der Waals surface area contributed by atoms with Crippen LogP contribution in [0.1, 0.15) is 37.3 Å². The van der Waals surface area contributed by atoms with E-state index in [0.29, 0.717) is 24.3 Å². The van der Waals surface area contributed by atoms with Crippen molar-refractivity contribution in [3.8, 4) is 0 Å². The van der Waals surface area contributed by atoms with Crippen LogP contribution in [0.3, 0.4) is 0 Å². The largest absolute Gasteiger partial charge is 0.394 e. The van der Waals surface area contributed by atoms with Crippen molar-refractivity contribution in [3.05, 3.63) is 73.8 Å². The molecule has 2 aliphatic heterocycles. The summed E-state index contributed by atoms with van der Waals surface area (Å²) in [4.78, 5) is 29.6. The van der Waals surface area contributed by atoms with Crippen molar-refractivity contribution in [2.24, 2.45) is 5.92 Å². The van der Waals surface area contributed by atoms with Gasteiger partial charge in [-0.25, -0.2) is 0 Å². The summed E-state index contributed by atoms with van der Waals surface area (Å²) >= 11 is 5.71. The van der Waals surface area contributed by atoms with E-state index in [0.717, 1.165) is 26.4 Å². The summed E-state index contributed by atoms with van der Waals surface area (Å²) in [6.45, 7) is 2.79. The van der Waals surface area contributed by atoms with Gasteiger partial charge in [-0.1, -0.05) is 47.1 Å². The molecule has 2 heterocycles. The molecule has 180 valence electrons. The average Bonchev–Trinajstić information content (AvgIpc) is 3.38. The van der Waals surface area contributed by atoms with Gasteiger partial charge in [-0.05, 0) is 71.3 Å². The topological polar surface area (TPSA) is 81.1 Å². The van der Waals surface area contributed by atoms with Gasteiger partial charge < -0.3 is 20.0 Å². The molecule has 0 aliphatic carbocycles. The van der Waals surface area contributed by atoms with Gasteiger partial charge >= 0.3 is 0 Å². The molecule has 0 unspecified atom stereocenters. The third-order valence-corrected chi connectivity index (χ3v) is 7.98. The smallest absolute Gasteiger partial charge is 0.264 e.